The molecular weight excluding hydrogens is 347 g/mol. The van der Waals surface area contributed by atoms with Gasteiger partial charge in [0.25, 0.3) is 0 Å². The Bertz CT molecular complexity index is 890. The molecule has 2 aliphatic heterocycles. The fourth-order valence-corrected chi connectivity index (χ4v) is 3.41. The predicted octanol–water partition coefficient (Wildman–Crippen LogP) is 4.31. The number of nitrogens with zero attached hydrogens (tertiary/aromatic N) is 2. The van der Waals surface area contributed by atoms with E-state index in [1.807, 2.05) is 29.4 Å². The summed E-state index contributed by atoms with van der Waals surface area (Å²) in [4.78, 5) is 0. The lowest BCUT2D eigenvalue weighted by Gasteiger charge is -2.32. The molecule has 28 heavy (non-hydrogen) atoms. The molecule has 0 unspecified atom stereocenters. The van der Waals surface area contributed by atoms with E-state index in [0.29, 0.717) is 0 Å². The van der Waals surface area contributed by atoms with Crippen molar-refractivity contribution in [2.45, 2.75) is 51.7 Å². The first-order valence-corrected chi connectivity index (χ1v) is 9.86. The summed E-state index contributed by atoms with van der Waals surface area (Å²) in [5.41, 5.74) is 3.82. The lowest BCUT2D eigenvalue weighted by atomic mass is 9.78. The molecule has 1 fully saturated rings. The van der Waals surface area contributed by atoms with E-state index in [4.69, 9.17) is 14.4 Å². The molecule has 0 radical (unpaired) electrons. The normalized spacial score (nSPS) is 20.4. The van der Waals surface area contributed by atoms with Crippen LogP contribution in [0.5, 0.6) is 0 Å². The number of hydrazone groups is 1. The number of hydrogen-bond donors (Lipinski definition) is 0. The third-order valence-corrected chi connectivity index (χ3v) is 5.75. The Morgan fingerprint density at radius 2 is 1.68 bits per heavy atom. The molecule has 0 amide bonds. The zero-order valence-electron chi connectivity index (χ0n) is 17.1. The first kappa shape index (κ1) is 19.0. The van der Waals surface area contributed by atoms with Crippen LogP contribution in [0.1, 0.15) is 39.7 Å². The van der Waals surface area contributed by atoms with Crippen LogP contribution < -0.4 is 10.5 Å². The van der Waals surface area contributed by atoms with Crippen molar-refractivity contribution in [2.75, 3.05) is 5.01 Å². The molecule has 2 aromatic rings. The van der Waals surface area contributed by atoms with Gasteiger partial charge in [0.05, 0.1) is 16.9 Å². The van der Waals surface area contributed by atoms with Crippen LogP contribution in [-0.4, -0.2) is 24.0 Å². The van der Waals surface area contributed by atoms with Gasteiger partial charge in [-0.3, -0.25) is 0 Å². The topological polar surface area (TPSA) is 34.1 Å². The summed E-state index contributed by atoms with van der Waals surface area (Å²) in [7, 11) is -0.334. The summed E-state index contributed by atoms with van der Waals surface area (Å²) in [5.74, 6) is 0. The Kier molecular flexibility index (Phi) is 4.90. The Labute approximate surface area is 168 Å². The van der Waals surface area contributed by atoms with Gasteiger partial charge >= 0.3 is 7.12 Å². The number of allylic oxidation sites excluding steroid dienone is 1. The highest BCUT2D eigenvalue weighted by Crippen LogP contribution is 2.36. The van der Waals surface area contributed by atoms with Crippen molar-refractivity contribution in [1.82, 2.24) is 0 Å². The summed E-state index contributed by atoms with van der Waals surface area (Å²) in [6.07, 6.45) is 5.86. The average Bonchev–Trinajstić information content (AvgIpc) is 2.90. The Morgan fingerprint density at radius 3 is 2.39 bits per heavy atom. The predicted molar refractivity (Wildman–Crippen MR) is 116 cm³/mol. The van der Waals surface area contributed by atoms with Crippen LogP contribution in [0.3, 0.4) is 0 Å². The van der Waals surface area contributed by atoms with Crippen LogP contribution in [-0.2, 0) is 15.7 Å². The highest BCUT2D eigenvalue weighted by Gasteiger charge is 2.51. The SMILES string of the molecule is CC1(C)OB(c2cccc(CC3=NN(c4ccccc4)C=CC3)c2)OC1(C)C. The van der Waals surface area contributed by atoms with Crippen molar-refractivity contribution in [1.29, 1.82) is 0 Å². The molecule has 2 aromatic carbocycles. The van der Waals surface area contributed by atoms with Crippen LogP contribution in [0, 0.1) is 0 Å². The van der Waals surface area contributed by atoms with Gasteiger partial charge in [0.1, 0.15) is 0 Å². The molecule has 2 heterocycles. The summed E-state index contributed by atoms with van der Waals surface area (Å²) >= 11 is 0. The molecular formula is C23H27BN2O2. The Morgan fingerprint density at radius 1 is 0.964 bits per heavy atom. The largest absolute Gasteiger partial charge is 0.494 e. The molecule has 5 heteroatoms. The van der Waals surface area contributed by atoms with E-state index in [9.17, 15) is 0 Å². The minimum Gasteiger partial charge on any atom is -0.399 e. The van der Waals surface area contributed by atoms with Crippen LogP contribution in [0.2, 0.25) is 0 Å². The third-order valence-electron chi connectivity index (χ3n) is 5.75. The maximum atomic E-state index is 6.20. The number of rotatable bonds is 4. The molecule has 0 N–H and O–H groups in total. The van der Waals surface area contributed by atoms with Crippen molar-refractivity contribution >= 4 is 24.0 Å². The van der Waals surface area contributed by atoms with Gasteiger partial charge in [-0.15, -0.1) is 0 Å². The van der Waals surface area contributed by atoms with Gasteiger partial charge in [0.15, 0.2) is 0 Å². The van der Waals surface area contributed by atoms with Crippen LogP contribution in [0.15, 0.2) is 72.0 Å². The fourth-order valence-electron chi connectivity index (χ4n) is 3.41. The Hall–Kier alpha value is -2.37. The molecule has 0 saturated carbocycles. The van der Waals surface area contributed by atoms with E-state index < -0.39 is 0 Å². The standard InChI is InChI=1S/C23H27BN2O2/c1-22(2)23(3,4)28-24(27-22)19-11-8-10-18(16-19)17-20-12-9-15-26(25-20)21-13-6-5-7-14-21/h5-11,13-16H,12,17H2,1-4H3. The van der Waals surface area contributed by atoms with Crippen LogP contribution in [0.4, 0.5) is 5.69 Å². The van der Waals surface area contributed by atoms with Crippen molar-refractivity contribution in [3.05, 3.63) is 72.4 Å². The zero-order valence-corrected chi connectivity index (χ0v) is 17.1. The summed E-state index contributed by atoms with van der Waals surface area (Å²) in [6, 6.07) is 18.7. The number of hydrogen-bond acceptors (Lipinski definition) is 4. The Balaban J connectivity index is 1.51. The van der Waals surface area contributed by atoms with E-state index >= 15 is 0 Å². The minimum atomic E-state index is -0.334. The van der Waals surface area contributed by atoms with Crippen LogP contribution in [0.25, 0.3) is 0 Å². The molecule has 4 nitrogen and oxygen atoms in total. The van der Waals surface area contributed by atoms with Crippen molar-refractivity contribution in [3.63, 3.8) is 0 Å². The third kappa shape index (κ3) is 3.78. The van der Waals surface area contributed by atoms with Gasteiger partial charge in [-0.25, -0.2) is 5.01 Å². The molecule has 0 aromatic heterocycles. The van der Waals surface area contributed by atoms with Gasteiger partial charge in [-0.1, -0.05) is 48.5 Å². The smallest absolute Gasteiger partial charge is 0.399 e. The van der Waals surface area contributed by atoms with Crippen molar-refractivity contribution < 1.29 is 9.31 Å². The quantitative estimate of drug-likeness (QED) is 0.748. The van der Waals surface area contributed by atoms with Gasteiger partial charge in [0, 0.05) is 24.8 Å². The van der Waals surface area contributed by atoms with E-state index in [1.165, 1.54) is 5.56 Å². The average molecular weight is 374 g/mol. The molecule has 0 aliphatic carbocycles. The number of para-hydroxylation sites is 1. The highest BCUT2D eigenvalue weighted by molar-refractivity contribution is 6.62. The van der Waals surface area contributed by atoms with Gasteiger partial charge < -0.3 is 9.31 Å². The molecule has 4 rings (SSSR count). The first-order valence-electron chi connectivity index (χ1n) is 9.86. The van der Waals surface area contributed by atoms with Crippen molar-refractivity contribution in [2.24, 2.45) is 5.10 Å². The van der Waals surface area contributed by atoms with Crippen LogP contribution >= 0.6 is 0 Å². The zero-order chi connectivity index (χ0) is 19.8. The molecule has 0 spiro atoms. The summed E-state index contributed by atoms with van der Waals surface area (Å²) in [6.45, 7) is 8.33. The molecule has 0 atom stereocenters. The number of anilines is 1. The van der Waals surface area contributed by atoms with Gasteiger partial charge in [-0.2, -0.15) is 5.10 Å². The van der Waals surface area contributed by atoms with Crippen molar-refractivity contribution in [3.8, 4) is 0 Å². The second-order valence-electron chi connectivity index (χ2n) is 8.45. The molecule has 2 aliphatic rings. The first-order chi connectivity index (χ1) is 13.3. The summed E-state index contributed by atoms with van der Waals surface area (Å²) in [5, 5.41) is 6.76. The summed E-state index contributed by atoms with van der Waals surface area (Å²) < 4.78 is 12.4. The van der Waals surface area contributed by atoms with E-state index in [2.05, 4.69) is 70.2 Å². The second kappa shape index (κ2) is 7.23. The monoisotopic (exact) mass is 374 g/mol. The van der Waals surface area contributed by atoms with E-state index in [1.54, 1.807) is 0 Å². The van der Waals surface area contributed by atoms with E-state index in [-0.39, 0.29) is 18.3 Å². The maximum absolute atomic E-state index is 6.20. The van der Waals surface area contributed by atoms with E-state index in [0.717, 1.165) is 29.7 Å². The minimum absolute atomic E-state index is 0.331. The lowest BCUT2D eigenvalue weighted by Crippen LogP contribution is -2.41. The van der Waals surface area contributed by atoms with Gasteiger partial charge in [-0.05, 0) is 50.9 Å². The highest BCUT2D eigenvalue weighted by atomic mass is 16.7. The molecule has 0 bridgehead atoms. The molecule has 1 saturated heterocycles. The second-order valence-corrected chi connectivity index (χ2v) is 8.45. The number of benzene rings is 2. The molecule has 144 valence electrons. The fraction of sp³-hybridized carbons (Fsp3) is 0.348. The maximum Gasteiger partial charge on any atom is 0.494 e. The lowest BCUT2D eigenvalue weighted by molar-refractivity contribution is 0.00578. The van der Waals surface area contributed by atoms with Gasteiger partial charge in [0.2, 0.25) is 0 Å².